The van der Waals surface area contributed by atoms with Gasteiger partial charge in [-0.1, -0.05) is 17.7 Å². The zero-order valence-electron chi connectivity index (χ0n) is 11.4. The largest absolute Gasteiger partial charge is 0.383 e. The van der Waals surface area contributed by atoms with E-state index in [9.17, 15) is 0 Å². The minimum Gasteiger partial charge on any atom is -0.383 e. The second kappa shape index (κ2) is 7.30. The van der Waals surface area contributed by atoms with Crippen LogP contribution in [-0.4, -0.2) is 33.9 Å². The van der Waals surface area contributed by atoms with E-state index in [0.29, 0.717) is 0 Å². The predicted molar refractivity (Wildman–Crippen MR) is 73.7 cm³/mol. The van der Waals surface area contributed by atoms with E-state index in [1.165, 1.54) is 16.8 Å². The van der Waals surface area contributed by atoms with Gasteiger partial charge in [0.1, 0.15) is 0 Å². The van der Waals surface area contributed by atoms with Crippen molar-refractivity contribution in [3.8, 4) is 0 Å². The number of methoxy groups -OCH3 is 1. The number of benzene rings is 1. The van der Waals surface area contributed by atoms with Gasteiger partial charge >= 0.3 is 0 Å². The van der Waals surface area contributed by atoms with Gasteiger partial charge in [0, 0.05) is 39.5 Å². The Hall–Kier alpha value is -1.06. The summed E-state index contributed by atoms with van der Waals surface area (Å²) < 4.78 is 5.03. The van der Waals surface area contributed by atoms with Crippen LogP contribution in [0.3, 0.4) is 0 Å². The summed E-state index contributed by atoms with van der Waals surface area (Å²) in [6.07, 6.45) is 0. The highest BCUT2D eigenvalue weighted by molar-refractivity contribution is 5.54. The summed E-state index contributed by atoms with van der Waals surface area (Å²) in [7, 11) is 3.86. The molecule has 1 aromatic rings. The summed E-state index contributed by atoms with van der Waals surface area (Å²) >= 11 is 0. The van der Waals surface area contributed by atoms with Crippen molar-refractivity contribution in [2.45, 2.75) is 20.4 Å². The normalized spacial score (nSPS) is 10.6. The van der Waals surface area contributed by atoms with Crippen LogP contribution < -0.4 is 10.2 Å². The van der Waals surface area contributed by atoms with E-state index >= 15 is 0 Å². The Kier molecular flexibility index (Phi) is 6.01. The Labute approximate surface area is 105 Å². The molecule has 0 amide bonds. The minimum atomic E-state index is 0.755. The fourth-order valence-corrected chi connectivity index (χ4v) is 1.80. The molecule has 0 aliphatic rings. The van der Waals surface area contributed by atoms with E-state index < -0.39 is 0 Å². The summed E-state index contributed by atoms with van der Waals surface area (Å²) in [5.41, 5.74) is 3.97. The van der Waals surface area contributed by atoms with E-state index in [2.05, 4.69) is 49.3 Å². The molecule has 0 aliphatic heterocycles. The number of hydrogen-bond acceptors (Lipinski definition) is 3. The fourth-order valence-electron chi connectivity index (χ4n) is 1.80. The average molecular weight is 236 g/mol. The molecule has 0 fully saturated rings. The van der Waals surface area contributed by atoms with Crippen molar-refractivity contribution in [1.82, 2.24) is 5.32 Å². The SMILES string of the molecule is CCN(C)c1ccc(C)cc1CNCCOC. The summed E-state index contributed by atoms with van der Waals surface area (Å²) in [4.78, 5) is 2.27. The number of anilines is 1. The van der Waals surface area contributed by atoms with E-state index in [4.69, 9.17) is 4.74 Å². The lowest BCUT2D eigenvalue weighted by Gasteiger charge is -2.21. The molecule has 0 unspecified atom stereocenters. The smallest absolute Gasteiger partial charge is 0.0587 e. The predicted octanol–water partition coefficient (Wildman–Crippen LogP) is 2.19. The van der Waals surface area contributed by atoms with Crippen LogP contribution in [0.5, 0.6) is 0 Å². The van der Waals surface area contributed by atoms with Gasteiger partial charge in [0.05, 0.1) is 6.61 Å². The Bertz CT molecular complexity index is 339. The van der Waals surface area contributed by atoms with Crippen molar-refractivity contribution in [2.24, 2.45) is 0 Å². The van der Waals surface area contributed by atoms with Gasteiger partial charge in [-0.3, -0.25) is 0 Å². The summed E-state index contributed by atoms with van der Waals surface area (Å²) in [6.45, 7) is 7.86. The van der Waals surface area contributed by atoms with E-state index in [1.54, 1.807) is 7.11 Å². The van der Waals surface area contributed by atoms with Gasteiger partial charge in [0.15, 0.2) is 0 Å². The van der Waals surface area contributed by atoms with Gasteiger partial charge in [-0.05, 0) is 25.5 Å². The molecule has 0 heterocycles. The Morgan fingerprint density at radius 3 is 2.76 bits per heavy atom. The Morgan fingerprint density at radius 2 is 2.12 bits per heavy atom. The van der Waals surface area contributed by atoms with Crippen LogP contribution in [0.15, 0.2) is 18.2 Å². The first-order chi connectivity index (χ1) is 8.19. The lowest BCUT2D eigenvalue weighted by atomic mass is 10.1. The second-order valence-electron chi connectivity index (χ2n) is 4.32. The molecule has 1 aromatic carbocycles. The Balaban J connectivity index is 2.69. The van der Waals surface area contributed by atoms with Gasteiger partial charge < -0.3 is 15.0 Å². The zero-order chi connectivity index (χ0) is 12.7. The fraction of sp³-hybridized carbons (Fsp3) is 0.571. The molecule has 0 saturated carbocycles. The monoisotopic (exact) mass is 236 g/mol. The average Bonchev–Trinajstić information content (AvgIpc) is 2.34. The van der Waals surface area contributed by atoms with Gasteiger partial charge in [-0.15, -0.1) is 0 Å². The maximum Gasteiger partial charge on any atom is 0.0587 e. The molecule has 0 saturated heterocycles. The maximum atomic E-state index is 5.03. The van der Waals surface area contributed by atoms with Crippen LogP contribution in [0, 0.1) is 6.92 Å². The standard InChI is InChI=1S/C14H24N2O/c1-5-16(3)14-7-6-12(2)10-13(14)11-15-8-9-17-4/h6-7,10,15H,5,8-9,11H2,1-4H3. The highest BCUT2D eigenvalue weighted by Crippen LogP contribution is 2.20. The maximum absolute atomic E-state index is 5.03. The van der Waals surface area contributed by atoms with Gasteiger partial charge in [-0.2, -0.15) is 0 Å². The van der Waals surface area contributed by atoms with Crippen LogP contribution in [-0.2, 0) is 11.3 Å². The van der Waals surface area contributed by atoms with Crippen molar-refractivity contribution >= 4 is 5.69 Å². The highest BCUT2D eigenvalue weighted by Gasteiger charge is 2.05. The second-order valence-corrected chi connectivity index (χ2v) is 4.32. The number of ether oxygens (including phenoxy) is 1. The molecule has 17 heavy (non-hydrogen) atoms. The van der Waals surface area contributed by atoms with E-state index in [1.807, 2.05) is 0 Å². The molecule has 3 heteroatoms. The summed E-state index contributed by atoms with van der Waals surface area (Å²) in [6, 6.07) is 6.62. The van der Waals surface area contributed by atoms with Crippen LogP contribution in [0.25, 0.3) is 0 Å². The molecule has 0 radical (unpaired) electrons. The van der Waals surface area contributed by atoms with Gasteiger partial charge in [0.2, 0.25) is 0 Å². The van der Waals surface area contributed by atoms with Crippen molar-refractivity contribution in [3.63, 3.8) is 0 Å². The number of rotatable bonds is 7. The van der Waals surface area contributed by atoms with Crippen LogP contribution >= 0.6 is 0 Å². The summed E-state index contributed by atoms with van der Waals surface area (Å²) in [5, 5.41) is 3.40. The lowest BCUT2D eigenvalue weighted by Crippen LogP contribution is -2.22. The van der Waals surface area contributed by atoms with Crippen molar-refractivity contribution in [1.29, 1.82) is 0 Å². The molecular weight excluding hydrogens is 212 g/mol. The number of hydrogen-bond donors (Lipinski definition) is 1. The van der Waals surface area contributed by atoms with Crippen LogP contribution in [0.4, 0.5) is 5.69 Å². The lowest BCUT2D eigenvalue weighted by molar-refractivity contribution is 0.199. The van der Waals surface area contributed by atoms with Gasteiger partial charge in [-0.25, -0.2) is 0 Å². The van der Waals surface area contributed by atoms with Crippen molar-refractivity contribution < 1.29 is 4.74 Å². The number of nitrogens with zero attached hydrogens (tertiary/aromatic N) is 1. The van der Waals surface area contributed by atoms with Gasteiger partial charge in [0.25, 0.3) is 0 Å². The molecule has 0 aliphatic carbocycles. The molecule has 0 bridgehead atoms. The molecule has 0 spiro atoms. The molecular formula is C14H24N2O. The van der Waals surface area contributed by atoms with Crippen LogP contribution in [0.2, 0.25) is 0 Å². The topological polar surface area (TPSA) is 24.5 Å². The molecule has 3 nitrogen and oxygen atoms in total. The third-order valence-electron chi connectivity index (χ3n) is 2.92. The first-order valence-electron chi connectivity index (χ1n) is 6.19. The third-order valence-corrected chi connectivity index (χ3v) is 2.92. The first kappa shape index (κ1) is 14.0. The first-order valence-corrected chi connectivity index (χ1v) is 6.19. The zero-order valence-corrected chi connectivity index (χ0v) is 11.4. The minimum absolute atomic E-state index is 0.755. The van der Waals surface area contributed by atoms with Crippen molar-refractivity contribution in [3.05, 3.63) is 29.3 Å². The molecule has 0 aromatic heterocycles. The molecule has 0 atom stereocenters. The molecule has 96 valence electrons. The molecule has 1 rings (SSSR count). The van der Waals surface area contributed by atoms with E-state index in [-0.39, 0.29) is 0 Å². The third kappa shape index (κ3) is 4.36. The summed E-state index contributed by atoms with van der Waals surface area (Å²) in [5.74, 6) is 0. The van der Waals surface area contributed by atoms with E-state index in [0.717, 1.165) is 26.2 Å². The molecule has 1 N–H and O–H groups in total. The van der Waals surface area contributed by atoms with Crippen molar-refractivity contribution in [2.75, 3.05) is 38.8 Å². The number of aryl methyl sites for hydroxylation is 1. The Morgan fingerprint density at radius 1 is 1.35 bits per heavy atom. The highest BCUT2D eigenvalue weighted by atomic mass is 16.5. The number of nitrogens with one attached hydrogen (secondary N) is 1. The quantitative estimate of drug-likeness (QED) is 0.734. The van der Waals surface area contributed by atoms with Crippen LogP contribution in [0.1, 0.15) is 18.1 Å².